The highest BCUT2D eigenvalue weighted by molar-refractivity contribution is 7.90. The lowest BCUT2D eigenvalue weighted by Crippen LogP contribution is -2.50. The highest BCUT2D eigenvalue weighted by Gasteiger charge is 2.50. The van der Waals surface area contributed by atoms with Crippen molar-refractivity contribution < 1.29 is 13.2 Å². The van der Waals surface area contributed by atoms with Gasteiger partial charge in [0, 0.05) is 30.5 Å². The summed E-state index contributed by atoms with van der Waals surface area (Å²) in [6, 6.07) is -0.219. The maximum Gasteiger partial charge on any atom is 0.221 e. The summed E-state index contributed by atoms with van der Waals surface area (Å²) in [4.78, 5) is 8.06. The lowest BCUT2D eigenvalue weighted by atomic mass is 10.0. The number of hydrogen-bond acceptors (Lipinski definition) is 5. The number of aromatic nitrogens is 2. The smallest absolute Gasteiger partial charge is 0.221 e. The van der Waals surface area contributed by atoms with Gasteiger partial charge in [-0.15, -0.1) is 0 Å². The van der Waals surface area contributed by atoms with Gasteiger partial charge in [0.2, 0.25) is 15.9 Å². The molecule has 8 heteroatoms. The van der Waals surface area contributed by atoms with Gasteiger partial charge in [-0.25, -0.2) is 18.4 Å². The molecule has 1 saturated carbocycles. The molecule has 1 aromatic rings. The summed E-state index contributed by atoms with van der Waals surface area (Å²) in [5.74, 6) is 0.480. The van der Waals surface area contributed by atoms with Crippen molar-refractivity contribution in [2.45, 2.75) is 56.0 Å². The Labute approximate surface area is 140 Å². The van der Waals surface area contributed by atoms with Crippen molar-refractivity contribution >= 4 is 21.6 Å². The van der Waals surface area contributed by atoms with Gasteiger partial charge in [-0.05, 0) is 19.8 Å². The van der Waals surface area contributed by atoms with Crippen molar-refractivity contribution in [3.63, 3.8) is 0 Å². The average Bonchev–Trinajstić information content (AvgIpc) is 3.31. The molecule has 2 bridgehead atoms. The first-order chi connectivity index (χ1) is 11.0. The lowest BCUT2D eigenvalue weighted by Gasteiger charge is -2.38. The molecule has 0 spiro atoms. The molecule has 2 fully saturated rings. The SMILES string of the molecule is Cc1c(Cl)ncnc1O[C@H]1CC2C=C[C@@H](C1)N2S(=O)(=O)C1CC1. The molecule has 4 rings (SSSR count). The highest BCUT2D eigenvalue weighted by Crippen LogP contribution is 2.40. The molecule has 0 N–H and O–H groups in total. The highest BCUT2D eigenvalue weighted by atomic mass is 35.5. The molecular weight excluding hydrogens is 338 g/mol. The fraction of sp³-hybridized carbons (Fsp3) is 0.600. The number of sulfonamides is 1. The maximum absolute atomic E-state index is 12.6. The van der Waals surface area contributed by atoms with E-state index in [4.69, 9.17) is 16.3 Å². The van der Waals surface area contributed by atoms with Gasteiger partial charge in [0.05, 0.1) is 5.25 Å². The van der Waals surface area contributed by atoms with E-state index in [-0.39, 0.29) is 23.4 Å². The van der Waals surface area contributed by atoms with E-state index in [0.29, 0.717) is 29.4 Å². The molecule has 124 valence electrons. The van der Waals surface area contributed by atoms with Crippen LogP contribution in [-0.2, 0) is 10.0 Å². The van der Waals surface area contributed by atoms with E-state index in [1.807, 2.05) is 19.1 Å². The van der Waals surface area contributed by atoms with Gasteiger partial charge in [0.25, 0.3) is 0 Å². The van der Waals surface area contributed by atoms with E-state index < -0.39 is 10.0 Å². The van der Waals surface area contributed by atoms with E-state index in [1.54, 1.807) is 4.31 Å². The van der Waals surface area contributed by atoms with E-state index in [2.05, 4.69) is 9.97 Å². The Morgan fingerprint density at radius 2 is 1.87 bits per heavy atom. The molecule has 1 aromatic heterocycles. The lowest BCUT2D eigenvalue weighted by molar-refractivity contribution is 0.0982. The maximum atomic E-state index is 12.6. The third kappa shape index (κ3) is 2.64. The molecule has 0 radical (unpaired) electrons. The van der Waals surface area contributed by atoms with Crippen LogP contribution in [0.15, 0.2) is 18.5 Å². The van der Waals surface area contributed by atoms with E-state index in [0.717, 1.165) is 12.8 Å². The van der Waals surface area contributed by atoms with E-state index >= 15 is 0 Å². The summed E-state index contributed by atoms with van der Waals surface area (Å²) in [5.41, 5.74) is 0.711. The largest absolute Gasteiger partial charge is 0.474 e. The summed E-state index contributed by atoms with van der Waals surface area (Å²) in [6.07, 6.45) is 8.15. The van der Waals surface area contributed by atoms with Gasteiger partial charge in [0.15, 0.2) is 0 Å². The Morgan fingerprint density at radius 3 is 2.48 bits per heavy atom. The summed E-state index contributed by atoms with van der Waals surface area (Å²) in [7, 11) is -3.17. The molecule has 3 atom stereocenters. The number of piperidine rings is 1. The zero-order chi connectivity index (χ0) is 16.2. The first-order valence-electron chi connectivity index (χ1n) is 7.81. The molecule has 0 aromatic carbocycles. The number of fused-ring (bicyclic) bond motifs is 2. The van der Waals surface area contributed by atoms with Crippen LogP contribution in [0.3, 0.4) is 0 Å². The molecule has 2 aliphatic heterocycles. The minimum absolute atomic E-state index is 0.0738. The van der Waals surface area contributed by atoms with E-state index in [1.165, 1.54) is 6.33 Å². The van der Waals surface area contributed by atoms with Crippen molar-refractivity contribution in [2.75, 3.05) is 0 Å². The monoisotopic (exact) mass is 355 g/mol. The van der Waals surface area contributed by atoms with Crippen LogP contribution in [0.1, 0.15) is 31.2 Å². The fourth-order valence-corrected chi connectivity index (χ4v) is 5.64. The van der Waals surface area contributed by atoms with Crippen LogP contribution in [0.4, 0.5) is 0 Å². The molecule has 1 saturated heterocycles. The second-order valence-electron chi connectivity index (χ2n) is 6.40. The van der Waals surface area contributed by atoms with Crippen LogP contribution in [0, 0.1) is 6.92 Å². The quantitative estimate of drug-likeness (QED) is 0.610. The second-order valence-corrected chi connectivity index (χ2v) is 8.88. The summed E-state index contributed by atoms with van der Waals surface area (Å²) < 4.78 is 32.8. The summed E-state index contributed by atoms with van der Waals surface area (Å²) in [5, 5.41) is 0.206. The van der Waals surface area contributed by atoms with Gasteiger partial charge in [-0.1, -0.05) is 23.8 Å². The predicted molar refractivity (Wildman–Crippen MR) is 85.9 cm³/mol. The van der Waals surface area contributed by atoms with Crippen molar-refractivity contribution in [3.05, 3.63) is 29.2 Å². The Morgan fingerprint density at radius 1 is 1.22 bits per heavy atom. The molecule has 0 amide bonds. The summed E-state index contributed by atoms with van der Waals surface area (Å²) in [6.45, 7) is 1.82. The van der Waals surface area contributed by atoms with Crippen molar-refractivity contribution in [1.29, 1.82) is 0 Å². The standard InChI is InChI=1S/C15H18ClN3O3S/c1-9-14(16)17-8-18-15(9)22-12-6-10-2-3-11(7-12)19(10)23(20,21)13-4-5-13/h2-3,8,10-13H,4-7H2,1H3/t10-,11?,12+/m0/s1. The van der Waals surface area contributed by atoms with E-state index in [9.17, 15) is 8.42 Å². The van der Waals surface area contributed by atoms with Crippen LogP contribution in [0.25, 0.3) is 0 Å². The Balaban J connectivity index is 1.51. The molecular formula is C15H18ClN3O3S. The van der Waals surface area contributed by atoms with Crippen molar-refractivity contribution in [3.8, 4) is 5.88 Å². The Hall–Kier alpha value is -1.18. The van der Waals surface area contributed by atoms with Gasteiger partial charge in [-0.2, -0.15) is 4.31 Å². The first kappa shape index (κ1) is 15.4. The van der Waals surface area contributed by atoms with Gasteiger partial charge >= 0.3 is 0 Å². The van der Waals surface area contributed by atoms with Crippen molar-refractivity contribution in [1.82, 2.24) is 14.3 Å². The van der Waals surface area contributed by atoms with Gasteiger partial charge in [0.1, 0.15) is 17.6 Å². The van der Waals surface area contributed by atoms with Crippen LogP contribution in [0.5, 0.6) is 5.88 Å². The Kier molecular flexibility index (Phi) is 3.62. The zero-order valence-corrected chi connectivity index (χ0v) is 14.3. The minimum Gasteiger partial charge on any atom is -0.474 e. The predicted octanol–water partition coefficient (Wildman–Crippen LogP) is 2.08. The third-order valence-corrected chi connectivity index (χ3v) is 7.54. The molecule has 6 nitrogen and oxygen atoms in total. The second kappa shape index (κ2) is 5.43. The van der Waals surface area contributed by atoms with Crippen LogP contribution in [0.2, 0.25) is 5.15 Å². The molecule has 1 aliphatic carbocycles. The normalized spacial score (nSPS) is 30.6. The third-order valence-electron chi connectivity index (χ3n) is 4.71. The topological polar surface area (TPSA) is 72.4 Å². The number of halogens is 1. The van der Waals surface area contributed by atoms with Crippen LogP contribution in [-0.4, -0.2) is 46.1 Å². The number of rotatable bonds is 4. The average molecular weight is 356 g/mol. The molecule has 3 aliphatic rings. The number of ether oxygens (including phenoxy) is 1. The molecule has 23 heavy (non-hydrogen) atoms. The van der Waals surface area contributed by atoms with Crippen LogP contribution >= 0.6 is 11.6 Å². The minimum atomic E-state index is -3.17. The summed E-state index contributed by atoms with van der Waals surface area (Å²) >= 11 is 5.99. The number of hydrogen-bond donors (Lipinski definition) is 0. The first-order valence-corrected chi connectivity index (χ1v) is 9.69. The van der Waals surface area contributed by atoms with Gasteiger partial charge < -0.3 is 4.74 Å². The molecule has 3 heterocycles. The molecule has 1 unspecified atom stereocenters. The van der Waals surface area contributed by atoms with Gasteiger partial charge in [-0.3, -0.25) is 0 Å². The number of nitrogens with zero attached hydrogens (tertiary/aromatic N) is 3. The zero-order valence-electron chi connectivity index (χ0n) is 12.7. The fourth-order valence-electron chi connectivity index (χ4n) is 3.37. The van der Waals surface area contributed by atoms with Crippen molar-refractivity contribution in [2.24, 2.45) is 0 Å². The Bertz CT molecular complexity index is 747. The van der Waals surface area contributed by atoms with Crippen LogP contribution < -0.4 is 4.74 Å².